The van der Waals surface area contributed by atoms with Gasteiger partial charge in [-0.05, 0) is 32.3 Å². The van der Waals surface area contributed by atoms with Crippen LogP contribution in [0.3, 0.4) is 0 Å². The van der Waals surface area contributed by atoms with Gasteiger partial charge in [0.15, 0.2) is 5.78 Å². The Morgan fingerprint density at radius 1 is 0.960 bits per heavy atom. The van der Waals surface area contributed by atoms with Crippen LogP contribution in [-0.2, 0) is 4.79 Å². The van der Waals surface area contributed by atoms with E-state index in [2.05, 4.69) is 9.88 Å². The van der Waals surface area contributed by atoms with Crippen molar-refractivity contribution in [3.63, 3.8) is 0 Å². The van der Waals surface area contributed by atoms with Crippen molar-refractivity contribution in [1.82, 2.24) is 19.7 Å². The minimum absolute atomic E-state index is 0.0576. The maximum atomic E-state index is 12.6. The van der Waals surface area contributed by atoms with Crippen molar-refractivity contribution >= 4 is 17.6 Å². The molecule has 0 aromatic carbocycles. The lowest BCUT2D eigenvalue weighted by molar-refractivity contribution is -0.131. The smallest absolute Gasteiger partial charge is 0.270 e. The van der Waals surface area contributed by atoms with Crippen molar-refractivity contribution in [3.8, 4) is 0 Å². The third kappa shape index (κ3) is 4.28. The van der Waals surface area contributed by atoms with E-state index >= 15 is 0 Å². The molecule has 2 amide bonds. The van der Waals surface area contributed by atoms with Gasteiger partial charge in [0.2, 0.25) is 5.91 Å². The number of nitrogens with zero attached hydrogens (tertiary/aromatic N) is 3. The van der Waals surface area contributed by atoms with E-state index in [9.17, 15) is 14.4 Å². The third-order valence-electron chi connectivity index (χ3n) is 5.01. The first-order chi connectivity index (χ1) is 12.0. The van der Waals surface area contributed by atoms with E-state index in [0.29, 0.717) is 37.4 Å². The number of ketones is 1. The Morgan fingerprint density at radius 2 is 1.68 bits per heavy atom. The Balaban J connectivity index is 1.54. The number of H-pyrrole nitrogens is 1. The number of carbonyl (C=O) groups excluding carboxylic acids is 3. The summed E-state index contributed by atoms with van der Waals surface area (Å²) in [6, 6.07) is 1.62. The van der Waals surface area contributed by atoms with Crippen LogP contribution in [0.25, 0.3) is 0 Å². The standard InChI is InChI=1S/C18H26N4O3/c1-14(23)15-11-16(19-12-15)18(25)22-8-4-5-20(9-10-22)13-17(24)21-6-2-3-7-21/h11-12,19H,2-10,13H2,1H3. The minimum Gasteiger partial charge on any atom is -0.356 e. The monoisotopic (exact) mass is 346 g/mol. The third-order valence-corrected chi connectivity index (χ3v) is 5.01. The van der Waals surface area contributed by atoms with Crippen molar-refractivity contribution in [3.05, 3.63) is 23.5 Å². The molecule has 1 aromatic heterocycles. The number of aromatic amines is 1. The molecule has 0 saturated carbocycles. The van der Waals surface area contributed by atoms with Crippen LogP contribution in [0.4, 0.5) is 0 Å². The Bertz CT molecular complexity index is 649. The number of amides is 2. The van der Waals surface area contributed by atoms with Crippen LogP contribution in [-0.4, -0.2) is 83.1 Å². The zero-order valence-corrected chi connectivity index (χ0v) is 14.8. The van der Waals surface area contributed by atoms with E-state index in [1.54, 1.807) is 17.2 Å². The lowest BCUT2D eigenvalue weighted by atomic mass is 10.2. The van der Waals surface area contributed by atoms with Crippen LogP contribution in [0, 0.1) is 0 Å². The largest absolute Gasteiger partial charge is 0.356 e. The van der Waals surface area contributed by atoms with Crippen LogP contribution in [0.1, 0.15) is 47.0 Å². The molecule has 0 spiro atoms. The van der Waals surface area contributed by atoms with Gasteiger partial charge >= 0.3 is 0 Å². The summed E-state index contributed by atoms with van der Waals surface area (Å²) in [4.78, 5) is 45.1. The van der Waals surface area contributed by atoms with E-state index in [0.717, 1.165) is 38.9 Å². The minimum atomic E-state index is -0.0831. The number of carbonyl (C=O) groups is 3. The molecule has 2 aliphatic rings. The van der Waals surface area contributed by atoms with Gasteiger partial charge in [-0.3, -0.25) is 19.3 Å². The second kappa shape index (κ2) is 7.82. The van der Waals surface area contributed by atoms with E-state index in [1.165, 1.54) is 6.92 Å². The molecule has 0 aliphatic carbocycles. The number of hydrogen-bond acceptors (Lipinski definition) is 4. The number of hydrogen-bond donors (Lipinski definition) is 1. The van der Waals surface area contributed by atoms with Crippen molar-refractivity contribution in [2.75, 3.05) is 45.8 Å². The molecule has 7 nitrogen and oxygen atoms in total. The fourth-order valence-electron chi connectivity index (χ4n) is 3.48. The van der Waals surface area contributed by atoms with Crippen LogP contribution < -0.4 is 0 Å². The quantitative estimate of drug-likeness (QED) is 0.825. The van der Waals surface area contributed by atoms with Crippen molar-refractivity contribution in [2.45, 2.75) is 26.2 Å². The van der Waals surface area contributed by atoms with Gasteiger partial charge < -0.3 is 14.8 Å². The van der Waals surface area contributed by atoms with E-state index in [1.807, 2.05) is 4.90 Å². The molecule has 136 valence electrons. The predicted octanol–water partition coefficient (Wildman–Crippen LogP) is 0.988. The van der Waals surface area contributed by atoms with Crippen LogP contribution in [0.5, 0.6) is 0 Å². The second-order valence-corrected chi connectivity index (χ2v) is 6.87. The maximum absolute atomic E-state index is 12.6. The second-order valence-electron chi connectivity index (χ2n) is 6.87. The molecule has 2 aliphatic heterocycles. The molecular formula is C18H26N4O3. The SMILES string of the molecule is CC(=O)c1c[nH]c(C(=O)N2CCCN(CC(=O)N3CCCC3)CC2)c1. The van der Waals surface area contributed by atoms with Crippen molar-refractivity contribution in [2.24, 2.45) is 0 Å². The molecule has 7 heteroatoms. The first-order valence-electron chi connectivity index (χ1n) is 9.03. The summed E-state index contributed by atoms with van der Waals surface area (Å²) >= 11 is 0. The molecule has 0 unspecified atom stereocenters. The molecule has 3 rings (SSSR count). The molecular weight excluding hydrogens is 320 g/mol. The first-order valence-corrected chi connectivity index (χ1v) is 9.03. The molecule has 1 N–H and O–H groups in total. The average Bonchev–Trinajstić information content (AvgIpc) is 3.24. The van der Waals surface area contributed by atoms with E-state index in [-0.39, 0.29) is 17.6 Å². The van der Waals surface area contributed by atoms with Gasteiger partial charge in [0, 0.05) is 51.0 Å². The molecule has 0 radical (unpaired) electrons. The number of nitrogens with one attached hydrogen (secondary N) is 1. The Morgan fingerprint density at radius 3 is 2.36 bits per heavy atom. The molecule has 2 fully saturated rings. The highest BCUT2D eigenvalue weighted by Crippen LogP contribution is 2.12. The number of rotatable bonds is 4. The lowest BCUT2D eigenvalue weighted by Gasteiger charge is -2.23. The highest BCUT2D eigenvalue weighted by molar-refractivity contribution is 5.99. The maximum Gasteiger partial charge on any atom is 0.270 e. The Hall–Kier alpha value is -2.15. The zero-order valence-electron chi connectivity index (χ0n) is 14.8. The summed E-state index contributed by atoms with van der Waals surface area (Å²) in [5, 5.41) is 0. The van der Waals surface area contributed by atoms with Gasteiger partial charge in [0.25, 0.3) is 5.91 Å². The number of aromatic nitrogens is 1. The van der Waals surface area contributed by atoms with Crippen LogP contribution in [0.15, 0.2) is 12.3 Å². The van der Waals surface area contributed by atoms with Crippen LogP contribution >= 0.6 is 0 Å². The van der Waals surface area contributed by atoms with Gasteiger partial charge in [-0.25, -0.2) is 0 Å². The average molecular weight is 346 g/mol. The van der Waals surface area contributed by atoms with Crippen molar-refractivity contribution < 1.29 is 14.4 Å². The summed E-state index contributed by atoms with van der Waals surface area (Å²) in [6.45, 7) is 6.48. The van der Waals surface area contributed by atoms with Crippen LogP contribution in [0.2, 0.25) is 0 Å². The first kappa shape index (κ1) is 17.7. The number of Topliss-reactive ketones (excluding diaryl/α,β-unsaturated/α-hetero) is 1. The summed E-state index contributed by atoms with van der Waals surface area (Å²) < 4.78 is 0. The van der Waals surface area contributed by atoms with Gasteiger partial charge in [-0.2, -0.15) is 0 Å². The highest BCUT2D eigenvalue weighted by atomic mass is 16.2. The van der Waals surface area contributed by atoms with Crippen molar-refractivity contribution in [1.29, 1.82) is 0 Å². The molecule has 2 saturated heterocycles. The lowest BCUT2D eigenvalue weighted by Crippen LogP contribution is -2.41. The summed E-state index contributed by atoms with van der Waals surface area (Å²) in [5.41, 5.74) is 0.975. The molecule has 0 bridgehead atoms. The van der Waals surface area contributed by atoms with Gasteiger partial charge in [0.05, 0.1) is 6.54 Å². The zero-order chi connectivity index (χ0) is 17.8. The van der Waals surface area contributed by atoms with Gasteiger partial charge in [0.1, 0.15) is 5.69 Å². The fourth-order valence-corrected chi connectivity index (χ4v) is 3.48. The van der Waals surface area contributed by atoms with Gasteiger partial charge in [-0.15, -0.1) is 0 Å². The Kier molecular flexibility index (Phi) is 5.53. The summed E-state index contributed by atoms with van der Waals surface area (Å²) in [7, 11) is 0. The predicted molar refractivity (Wildman–Crippen MR) is 93.6 cm³/mol. The van der Waals surface area contributed by atoms with E-state index < -0.39 is 0 Å². The molecule has 3 heterocycles. The number of likely N-dealkylation sites (tertiary alicyclic amines) is 1. The molecule has 25 heavy (non-hydrogen) atoms. The summed E-state index contributed by atoms with van der Waals surface area (Å²) in [6.07, 6.45) is 4.63. The van der Waals surface area contributed by atoms with E-state index in [4.69, 9.17) is 0 Å². The normalized spacial score (nSPS) is 19.1. The topological polar surface area (TPSA) is 76.7 Å². The highest BCUT2D eigenvalue weighted by Gasteiger charge is 2.25. The molecule has 0 atom stereocenters. The summed E-state index contributed by atoms with van der Waals surface area (Å²) in [5.74, 6) is 0.0609. The fraction of sp³-hybridized carbons (Fsp3) is 0.611. The molecule has 1 aromatic rings. The van der Waals surface area contributed by atoms with Gasteiger partial charge in [-0.1, -0.05) is 0 Å². The Labute approximate surface area is 148 Å².